The molecule has 1 fully saturated rings. The van der Waals surface area contributed by atoms with E-state index < -0.39 is 0 Å². The molecule has 3 aromatic rings. The van der Waals surface area contributed by atoms with E-state index >= 15 is 0 Å². The Bertz CT molecular complexity index is 1130. The van der Waals surface area contributed by atoms with E-state index in [9.17, 15) is 9.59 Å². The average Bonchev–Trinajstić information content (AvgIpc) is 2.88. The summed E-state index contributed by atoms with van der Waals surface area (Å²) in [7, 11) is 0. The predicted octanol–water partition coefficient (Wildman–Crippen LogP) is 4.06. The lowest BCUT2D eigenvalue weighted by Gasteiger charge is -2.30. The zero-order chi connectivity index (χ0) is 23.9. The zero-order valence-electron chi connectivity index (χ0n) is 19.1. The van der Waals surface area contributed by atoms with Gasteiger partial charge in [0.1, 0.15) is 0 Å². The minimum atomic E-state index is -0.281. The third-order valence-corrected chi connectivity index (χ3v) is 6.02. The number of piperazine rings is 1. The number of pyridine rings is 1. The Balaban J connectivity index is 1.62. The van der Waals surface area contributed by atoms with Gasteiger partial charge in [-0.25, -0.2) is 4.98 Å². The highest BCUT2D eigenvalue weighted by Gasteiger charge is 2.22. The maximum atomic E-state index is 13.3. The van der Waals surface area contributed by atoms with Crippen molar-refractivity contribution < 1.29 is 9.59 Å². The van der Waals surface area contributed by atoms with Gasteiger partial charge >= 0.3 is 0 Å². The molecular formula is C26H28ClN5O2. The standard InChI is InChI=1S/C26H28ClN5O2/c1-2-31(18-19-6-4-3-5-7-19)26(34)21-16-23(24(29-17-21)32-14-12-28-13-15-32)30-25(33)20-8-10-22(27)11-9-20/h3-11,16-17,28H,2,12-15,18H2,1H3,(H,30,33). The number of nitrogens with zero attached hydrogens (tertiary/aromatic N) is 3. The van der Waals surface area contributed by atoms with E-state index in [1.54, 1.807) is 41.4 Å². The van der Waals surface area contributed by atoms with Crippen molar-refractivity contribution in [3.63, 3.8) is 0 Å². The van der Waals surface area contributed by atoms with E-state index in [1.165, 1.54) is 0 Å². The van der Waals surface area contributed by atoms with Crippen molar-refractivity contribution >= 4 is 34.9 Å². The first kappa shape index (κ1) is 23.7. The minimum absolute atomic E-state index is 0.132. The molecular weight excluding hydrogens is 450 g/mol. The molecule has 2 amide bonds. The fraction of sp³-hybridized carbons (Fsp3) is 0.269. The van der Waals surface area contributed by atoms with E-state index in [1.807, 2.05) is 37.3 Å². The van der Waals surface area contributed by atoms with Crippen LogP contribution < -0.4 is 15.5 Å². The summed E-state index contributed by atoms with van der Waals surface area (Å²) in [6.07, 6.45) is 1.60. The number of aromatic nitrogens is 1. The predicted molar refractivity (Wildman–Crippen MR) is 136 cm³/mol. The Labute approximate surface area is 204 Å². The van der Waals surface area contributed by atoms with Gasteiger partial charge in [0, 0.05) is 56.1 Å². The van der Waals surface area contributed by atoms with Crippen molar-refractivity contribution in [2.45, 2.75) is 13.5 Å². The molecule has 7 nitrogen and oxygen atoms in total. The normalized spacial score (nSPS) is 13.4. The van der Waals surface area contributed by atoms with E-state index in [0.29, 0.717) is 40.7 Å². The number of rotatable bonds is 7. The van der Waals surface area contributed by atoms with Crippen molar-refractivity contribution in [1.29, 1.82) is 0 Å². The molecule has 0 aliphatic carbocycles. The molecule has 0 unspecified atom stereocenters. The maximum Gasteiger partial charge on any atom is 0.255 e. The Kier molecular flexibility index (Phi) is 7.77. The van der Waals surface area contributed by atoms with Crippen LogP contribution in [-0.2, 0) is 6.54 Å². The molecule has 0 spiro atoms. The van der Waals surface area contributed by atoms with Gasteiger partial charge < -0.3 is 20.4 Å². The third-order valence-electron chi connectivity index (χ3n) is 5.77. The topological polar surface area (TPSA) is 77.6 Å². The van der Waals surface area contributed by atoms with Gasteiger partial charge in [-0.2, -0.15) is 0 Å². The molecule has 176 valence electrons. The fourth-order valence-electron chi connectivity index (χ4n) is 3.90. The van der Waals surface area contributed by atoms with Crippen LogP contribution in [0.5, 0.6) is 0 Å². The van der Waals surface area contributed by atoms with Crippen molar-refractivity contribution in [1.82, 2.24) is 15.2 Å². The molecule has 8 heteroatoms. The molecule has 0 atom stereocenters. The summed E-state index contributed by atoms with van der Waals surface area (Å²) in [6, 6.07) is 18.3. The summed E-state index contributed by atoms with van der Waals surface area (Å²) in [6.45, 7) is 6.19. The second kappa shape index (κ2) is 11.1. The highest BCUT2D eigenvalue weighted by Crippen LogP contribution is 2.26. The van der Waals surface area contributed by atoms with E-state index in [0.717, 1.165) is 31.7 Å². The number of nitrogens with one attached hydrogen (secondary N) is 2. The molecule has 2 N–H and O–H groups in total. The molecule has 0 saturated carbocycles. The number of benzene rings is 2. The largest absolute Gasteiger partial charge is 0.352 e. The molecule has 2 aromatic carbocycles. The zero-order valence-corrected chi connectivity index (χ0v) is 19.9. The van der Waals surface area contributed by atoms with Gasteiger partial charge in [0.25, 0.3) is 11.8 Å². The monoisotopic (exact) mass is 477 g/mol. The van der Waals surface area contributed by atoms with E-state index in [4.69, 9.17) is 11.6 Å². The Morgan fingerprint density at radius 3 is 2.44 bits per heavy atom. The number of carbonyl (C=O) groups is 2. The number of amides is 2. The molecule has 2 heterocycles. The fourth-order valence-corrected chi connectivity index (χ4v) is 4.03. The molecule has 1 saturated heterocycles. The first-order valence-corrected chi connectivity index (χ1v) is 11.8. The molecule has 4 rings (SSSR count). The summed E-state index contributed by atoms with van der Waals surface area (Å²) in [5.74, 6) is 0.246. The van der Waals surface area contributed by atoms with Crippen LogP contribution in [0.2, 0.25) is 5.02 Å². The first-order valence-electron chi connectivity index (χ1n) is 11.4. The van der Waals surface area contributed by atoms with Gasteiger partial charge in [0.15, 0.2) is 5.82 Å². The van der Waals surface area contributed by atoms with Crippen molar-refractivity contribution in [3.05, 3.63) is 88.6 Å². The van der Waals surface area contributed by atoms with Crippen LogP contribution in [0.3, 0.4) is 0 Å². The van der Waals surface area contributed by atoms with Gasteiger partial charge in [0.2, 0.25) is 0 Å². The van der Waals surface area contributed by atoms with E-state index in [-0.39, 0.29) is 11.8 Å². The summed E-state index contributed by atoms with van der Waals surface area (Å²) in [5, 5.41) is 6.85. The number of halogens is 1. The van der Waals surface area contributed by atoms with Crippen LogP contribution in [0.25, 0.3) is 0 Å². The minimum Gasteiger partial charge on any atom is -0.352 e. The summed E-state index contributed by atoms with van der Waals surface area (Å²) in [4.78, 5) is 34.8. The van der Waals surface area contributed by atoms with Crippen LogP contribution in [-0.4, -0.2) is 54.4 Å². The summed E-state index contributed by atoms with van der Waals surface area (Å²) in [5.41, 5.74) is 2.48. The number of hydrogen-bond donors (Lipinski definition) is 2. The first-order chi connectivity index (χ1) is 16.5. The third kappa shape index (κ3) is 5.73. The number of hydrogen-bond acceptors (Lipinski definition) is 5. The molecule has 1 aliphatic heterocycles. The molecule has 1 aliphatic rings. The maximum absolute atomic E-state index is 13.3. The second-order valence-corrected chi connectivity index (χ2v) is 8.53. The lowest BCUT2D eigenvalue weighted by atomic mass is 10.1. The Morgan fingerprint density at radius 2 is 1.76 bits per heavy atom. The molecule has 0 bridgehead atoms. The highest BCUT2D eigenvalue weighted by molar-refractivity contribution is 6.30. The van der Waals surface area contributed by atoms with Gasteiger partial charge in [0.05, 0.1) is 11.3 Å². The van der Waals surface area contributed by atoms with Gasteiger partial charge in [-0.3, -0.25) is 9.59 Å². The number of anilines is 2. The lowest BCUT2D eigenvalue weighted by Crippen LogP contribution is -2.44. The summed E-state index contributed by atoms with van der Waals surface area (Å²) >= 11 is 5.96. The lowest BCUT2D eigenvalue weighted by molar-refractivity contribution is 0.0752. The van der Waals surface area contributed by atoms with Crippen LogP contribution in [0, 0.1) is 0 Å². The molecule has 1 aromatic heterocycles. The summed E-state index contributed by atoms with van der Waals surface area (Å²) < 4.78 is 0. The van der Waals surface area contributed by atoms with Crippen LogP contribution in [0.15, 0.2) is 66.9 Å². The van der Waals surface area contributed by atoms with Crippen LogP contribution in [0.1, 0.15) is 33.2 Å². The van der Waals surface area contributed by atoms with Gasteiger partial charge in [-0.05, 0) is 42.8 Å². The van der Waals surface area contributed by atoms with Crippen molar-refractivity contribution in [2.75, 3.05) is 42.9 Å². The SMILES string of the molecule is CCN(Cc1ccccc1)C(=O)c1cnc(N2CCNCC2)c(NC(=O)c2ccc(Cl)cc2)c1. The van der Waals surface area contributed by atoms with E-state index in [2.05, 4.69) is 20.5 Å². The van der Waals surface area contributed by atoms with Crippen molar-refractivity contribution in [2.24, 2.45) is 0 Å². The second-order valence-electron chi connectivity index (χ2n) is 8.10. The average molecular weight is 478 g/mol. The Hall–Kier alpha value is -3.42. The molecule has 34 heavy (non-hydrogen) atoms. The van der Waals surface area contributed by atoms with Gasteiger partial charge in [-0.1, -0.05) is 41.9 Å². The highest BCUT2D eigenvalue weighted by atomic mass is 35.5. The quantitative estimate of drug-likeness (QED) is 0.536. The Morgan fingerprint density at radius 1 is 1.06 bits per heavy atom. The van der Waals surface area contributed by atoms with Gasteiger partial charge in [-0.15, -0.1) is 0 Å². The smallest absolute Gasteiger partial charge is 0.255 e. The number of carbonyl (C=O) groups excluding carboxylic acids is 2. The van der Waals surface area contributed by atoms with Crippen LogP contribution >= 0.6 is 11.6 Å². The van der Waals surface area contributed by atoms with Crippen LogP contribution in [0.4, 0.5) is 11.5 Å². The molecule has 0 radical (unpaired) electrons. The van der Waals surface area contributed by atoms with Crippen molar-refractivity contribution in [3.8, 4) is 0 Å².